The Morgan fingerprint density at radius 1 is 1.43 bits per heavy atom. The number of hydrogen-bond donors (Lipinski definition) is 1. The molecule has 0 amide bonds. The van der Waals surface area contributed by atoms with Crippen molar-refractivity contribution in [1.82, 2.24) is 10.1 Å². The predicted octanol–water partition coefficient (Wildman–Crippen LogP) is 2.39. The molecule has 0 aromatic carbocycles. The number of rotatable bonds is 2. The van der Waals surface area contributed by atoms with Gasteiger partial charge in [-0.25, -0.2) is 4.98 Å². The highest BCUT2D eigenvalue weighted by Crippen LogP contribution is 2.23. The first kappa shape index (κ1) is 8.99. The van der Waals surface area contributed by atoms with Crippen LogP contribution in [0.1, 0.15) is 25.3 Å². The average molecular weight is 191 g/mol. The molecular weight excluding hydrogens is 178 g/mol. The van der Waals surface area contributed by atoms with Crippen LogP contribution < -0.4 is 5.32 Å². The van der Waals surface area contributed by atoms with Gasteiger partial charge in [0.15, 0.2) is 16.9 Å². The molecule has 0 aliphatic carbocycles. The zero-order valence-corrected chi connectivity index (χ0v) is 8.53. The molecule has 2 aromatic rings. The zero-order chi connectivity index (χ0) is 10.1. The second kappa shape index (κ2) is 3.29. The van der Waals surface area contributed by atoms with Crippen LogP contribution in [0.4, 0.5) is 5.82 Å². The molecule has 0 aliphatic heterocycles. The fourth-order valence-electron chi connectivity index (χ4n) is 1.32. The molecule has 0 bridgehead atoms. The first-order chi connectivity index (χ1) is 6.72. The molecular formula is C10H13N3O. The number of pyridine rings is 1. The second-order valence-electron chi connectivity index (χ2n) is 3.55. The Hall–Kier alpha value is -1.58. The number of anilines is 1. The third kappa shape index (κ3) is 1.32. The van der Waals surface area contributed by atoms with Crippen molar-refractivity contribution < 1.29 is 4.52 Å². The summed E-state index contributed by atoms with van der Waals surface area (Å²) < 4.78 is 5.16. The highest BCUT2D eigenvalue weighted by molar-refractivity contribution is 5.83. The van der Waals surface area contributed by atoms with Gasteiger partial charge in [-0.05, 0) is 17.5 Å². The van der Waals surface area contributed by atoms with E-state index < -0.39 is 0 Å². The molecule has 0 unspecified atom stereocenters. The SMILES string of the molecule is CNc1noc2cc(C(C)C)cnc12. The van der Waals surface area contributed by atoms with Crippen LogP contribution in [0.15, 0.2) is 16.8 Å². The van der Waals surface area contributed by atoms with Crippen LogP contribution >= 0.6 is 0 Å². The number of nitrogens with one attached hydrogen (secondary N) is 1. The Morgan fingerprint density at radius 2 is 2.21 bits per heavy atom. The maximum absolute atomic E-state index is 5.16. The summed E-state index contributed by atoms with van der Waals surface area (Å²) >= 11 is 0. The monoisotopic (exact) mass is 191 g/mol. The number of fused-ring (bicyclic) bond motifs is 1. The van der Waals surface area contributed by atoms with Crippen molar-refractivity contribution in [3.05, 3.63) is 17.8 Å². The van der Waals surface area contributed by atoms with Crippen LogP contribution in [0.5, 0.6) is 0 Å². The van der Waals surface area contributed by atoms with Gasteiger partial charge < -0.3 is 9.84 Å². The smallest absolute Gasteiger partial charge is 0.195 e. The van der Waals surface area contributed by atoms with Crippen LogP contribution in [-0.4, -0.2) is 17.2 Å². The quantitative estimate of drug-likeness (QED) is 0.791. The summed E-state index contributed by atoms with van der Waals surface area (Å²) in [5.41, 5.74) is 2.69. The van der Waals surface area contributed by atoms with Gasteiger partial charge in [0.2, 0.25) is 0 Å². The van der Waals surface area contributed by atoms with Gasteiger partial charge >= 0.3 is 0 Å². The van der Waals surface area contributed by atoms with E-state index in [0.29, 0.717) is 11.7 Å². The lowest BCUT2D eigenvalue weighted by Gasteiger charge is -2.02. The number of hydrogen-bond acceptors (Lipinski definition) is 4. The molecule has 0 fully saturated rings. The van der Waals surface area contributed by atoms with Crippen molar-refractivity contribution in [3.63, 3.8) is 0 Å². The number of nitrogens with zero attached hydrogens (tertiary/aromatic N) is 2. The minimum atomic E-state index is 0.454. The van der Waals surface area contributed by atoms with Gasteiger partial charge in [0.1, 0.15) is 0 Å². The van der Waals surface area contributed by atoms with Crippen LogP contribution in [-0.2, 0) is 0 Å². The largest absolute Gasteiger partial charge is 0.369 e. The highest BCUT2D eigenvalue weighted by Gasteiger charge is 2.09. The fourth-order valence-corrected chi connectivity index (χ4v) is 1.32. The third-order valence-corrected chi connectivity index (χ3v) is 2.24. The van der Waals surface area contributed by atoms with Crippen molar-refractivity contribution in [2.24, 2.45) is 0 Å². The van der Waals surface area contributed by atoms with Gasteiger partial charge in [-0.2, -0.15) is 0 Å². The lowest BCUT2D eigenvalue weighted by molar-refractivity contribution is 0.459. The standard InChI is InChI=1S/C10H13N3O/c1-6(2)7-4-8-9(12-5-7)10(11-3)13-14-8/h4-6H,1-3H3,(H,11,13). The molecule has 0 atom stereocenters. The van der Waals surface area contributed by atoms with Gasteiger partial charge in [0.05, 0.1) is 0 Å². The molecule has 4 nitrogen and oxygen atoms in total. The lowest BCUT2D eigenvalue weighted by atomic mass is 10.1. The minimum Gasteiger partial charge on any atom is -0.369 e. The van der Waals surface area contributed by atoms with E-state index in [4.69, 9.17) is 4.52 Å². The van der Waals surface area contributed by atoms with Crippen molar-refractivity contribution in [2.75, 3.05) is 12.4 Å². The minimum absolute atomic E-state index is 0.454. The Bertz CT molecular complexity index is 448. The van der Waals surface area contributed by atoms with Crippen LogP contribution in [0, 0.1) is 0 Å². The van der Waals surface area contributed by atoms with Crippen molar-refractivity contribution >= 4 is 16.9 Å². The summed E-state index contributed by atoms with van der Waals surface area (Å²) in [5.74, 6) is 1.14. The van der Waals surface area contributed by atoms with E-state index in [1.165, 1.54) is 0 Å². The van der Waals surface area contributed by atoms with E-state index in [2.05, 4.69) is 29.3 Å². The summed E-state index contributed by atoms with van der Waals surface area (Å²) in [6.07, 6.45) is 1.87. The van der Waals surface area contributed by atoms with Crippen molar-refractivity contribution in [3.8, 4) is 0 Å². The van der Waals surface area contributed by atoms with Gasteiger partial charge in [0.25, 0.3) is 0 Å². The van der Waals surface area contributed by atoms with Gasteiger partial charge in [-0.1, -0.05) is 19.0 Å². The highest BCUT2D eigenvalue weighted by atomic mass is 16.5. The molecule has 0 saturated heterocycles. The third-order valence-electron chi connectivity index (χ3n) is 2.24. The Kier molecular flexibility index (Phi) is 2.11. The fraction of sp³-hybridized carbons (Fsp3) is 0.400. The normalized spacial score (nSPS) is 11.1. The maximum atomic E-state index is 5.16. The molecule has 1 N–H and O–H groups in total. The van der Waals surface area contributed by atoms with E-state index in [1.54, 1.807) is 7.05 Å². The molecule has 0 aliphatic rings. The van der Waals surface area contributed by atoms with E-state index >= 15 is 0 Å². The number of aromatic nitrogens is 2. The summed E-state index contributed by atoms with van der Waals surface area (Å²) in [7, 11) is 1.80. The Morgan fingerprint density at radius 3 is 2.86 bits per heavy atom. The second-order valence-corrected chi connectivity index (χ2v) is 3.55. The molecule has 14 heavy (non-hydrogen) atoms. The first-order valence-electron chi connectivity index (χ1n) is 4.65. The topological polar surface area (TPSA) is 51.0 Å². The Labute approximate surface area is 82.3 Å². The van der Waals surface area contributed by atoms with Crippen molar-refractivity contribution in [2.45, 2.75) is 19.8 Å². The van der Waals surface area contributed by atoms with Crippen LogP contribution in [0.3, 0.4) is 0 Å². The van der Waals surface area contributed by atoms with Gasteiger partial charge in [0, 0.05) is 13.2 Å². The molecule has 4 heteroatoms. The molecule has 74 valence electrons. The van der Waals surface area contributed by atoms with E-state index in [0.717, 1.165) is 16.7 Å². The van der Waals surface area contributed by atoms with Gasteiger partial charge in [-0.3, -0.25) is 0 Å². The first-order valence-corrected chi connectivity index (χ1v) is 4.65. The van der Waals surface area contributed by atoms with Crippen molar-refractivity contribution in [1.29, 1.82) is 0 Å². The maximum Gasteiger partial charge on any atom is 0.195 e. The molecule has 0 saturated carbocycles. The summed E-state index contributed by atoms with van der Waals surface area (Å²) in [6.45, 7) is 4.25. The molecule has 0 radical (unpaired) electrons. The van der Waals surface area contributed by atoms with E-state index in [9.17, 15) is 0 Å². The van der Waals surface area contributed by atoms with E-state index in [1.807, 2.05) is 12.3 Å². The summed E-state index contributed by atoms with van der Waals surface area (Å²) in [4.78, 5) is 4.31. The lowest BCUT2D eigenvalue weighted by Crippen LogP contribution is -1.91. The predicted molar refractivity (Wildman–Crippen MR) is 55.4 cm³/mol. The summed E-state index contributed by atoms with van der Waals surface area (Å²) in [6, 6.07) is 1.99. The zero-order valence-electron chi connectivity index (χ0n) is 8.53. The molecule has 2 aromatic heterocycles. The average Bonchev–Trinajstić information content (AvgIpc) is 2.59. The van der Waals surface area contributed by atoms with Crippen LogP contribution in [0.2, 0.25) is 0 Å². The summed E-state index contributed by atoms with van der Waals surface area (Å²) in [5, 5.41) is 6.80. The van der Waals surface area contributed by atoms with E-state index in [-0.39, 0.29) is 0 Å². The molecule has 2 rings (SSSR count). The van der Waals surface area contributed by atoms with Gasteiger partial charge in [-0.15, -0.1) is 0 Å². The molecule has 2 heterocycles. The molecule has 0 spiro atoms. The van der Waals surface area contributed by atoms with Crippen LogP contribution in [0.25, 0.3) is 11.1 Å². The Balaban J connectivity index is 2.57.